The number of carbonyl (C=O) groups excluding carboxylic acids is 3. The van der Waals surface area contributed by atoms with Gasteiger partial charge in [0.05, 0.1) is 6.61 Å². The number of halogens is 1. The van der Waals surface area contributed by atoms with Crippen molar-refractivity contribution in [1.82, 2.24) is 10.6 Å². The number of aryl methyl sites for hydroxylation is 1. The van der Waals surface area contributed by atoms with E-state index in [0.29, 0.717) is 17.4 Å². The van der Waals surface area contributed by atoms with E-state index in [1.807, 2.05) is 5.32 Å². The minimum atomic E-state index is -0.749. The van der Waals surface area contributed by atoms with E-state index in [4.69, 9.17) is 25.8 Å². The van der Waals surface area contributed by atoms with Gasteiger partial charge in [0.1, 0.15) is 5.75 Å². The van der Waals surface area contributed by atoms with Crippen LogP contribution in [0.4, 0.5) is 4.79 Å². The quantitative estimate of drug-likeness (QED) is 0.531. The zero-order valence-corrected chi connectivity index (χ0v) is 14.1. The minimum Gasteiger partial charge on any atom is -0.482 e. The molecule has 2 N–H and O–H groups in total. The Bertz CT molecular complexity index is 593. The molecule has 24 heavy (non-hydrogen) atoms. The molecule has 0 fully saturated rings. The SMILES string of the molecule is COCCNC(=O)NC(=O)COC(=O)COc1ccc(Cl)cc1C. The van der Waals surface area contributed by atoms with Gasteiger partial charge < -0.3 is 19.5 Å². The second kappa shape index (κ2) is 10.5. The lowest BCUT2D eigenvalue weighted by molar-refractivity contribution is -0.150. The highest BCUT2D eigenvalue weighted by atomic mass is 35.5. The molecular weight excluding hydrogens is 340 g/mol. The van der Waals surface area contributed by atoms with Crippen LogP contribution in [0.1, 0.15) is 5.56 Å². The molecule has 3 amide bonds. The van der Waals surface area contributed by atoms with Crippen LogP contribution in [0.25, 0.3) is 0 Å². The summed E-state index contributed by atoms with van der Waals surface area (Å²) in [7, 11) is 1.48. The summed E-state index contributed by atoms with van der Waals surface area (Å²) >= 11 is 5.81. The van der Waals surface area contributed by atoms with Gasteiger partial charge >= 0.3 is 12.0 Å². The second-order valence-electron chi connectivity index (χ2n) is 4.66. The van der Waals surface area contributed by atoms with Crippen LogP contribution in [0.2, 0.25) is 5.02 Å². The number of rotatable bonds is 8. The van der Waals surface area contributed by atoms with E-state index < -0.39 is 24.5 Å². The Kier molecular flexibility index (Phi) is 8.59. The Labute approximate surface area is 144 Å². The molecule has 0 aliphatic carbocycles. The summed E-state index contributed by atoms with van der Waals surface area (Å²) < 4.78 is 14.7. The molecule has 1 aromatic carbocycles. The van der Waals surface area contributed by atoms with Gasteiger partial charge in [-0.2, -0.15) is 0 Å². The molecule has 0 saturated heterocycles. The van der Waals surface area contributed by atoms with E-state index in [1.165, 1.54) is 7.11 Å². The van der Waals surface area contributed by atoms with Crippen LogP contribution in [0, 0.1) is 6.92 Å². The molecule has 0 radical (unpaired) electrons. The van der Waals surface area contributed by atoms with Gasteiger partial charge in [-0.1, -0.05) is 11.6 Å². The average molecular weight is 359 g/mol. The standard InChI is InChI=1S/C15H19ClN2O6/c1-10-7-11(16)3-4-12(10)23-9-14(20)24-8-13(19)18-15(21)17-5-6-22-2/h3-4,7H,5-6,8-9H2,1-2H3,(H2,17,18,19,21). The van der Waals surface area contributed by atoms with Gasteiger partial charge in [0, 0.05) is 18.7 Å². The predicted octanol–water partition coefficient (Wildman–Crippen LogP) is 1.04. The Balaban J connectivity index is 2.25. The monoisotopic (exact) mass is 358 g/mol. The summed E-state index contributed by atoms with van der Waals surface area (Å²) in [6, 6.07) is 4.26. The van der Waals surface area contributed by atoms with E-state index in [1.54, 1.807) is 25.1 Å². The van der Waals surface area contributed by atoms with E-state index in [-0.39, 0.29) is 13.2 Å². The van der Waals surface area contributed by atoms with Gasteiger partial charge in [-0.15, -0.1) is 0 Å². The Morgan fingerprint density at radius 3 is 2.62 bits per heavy atom. The van der Waals surface area contributed by atoms with Crippen molar-refractivity contribution in [1.29, 1.82) is 0 Å². The summed E-state index contributed by atoms with van der Waals surface area (Å²) in [4.78, 5) is 34.2. The number of urea groups is 1. The van der Waals surface area contributed by atoms with Crippen molar-refractivity contribution in [3.8, 4) is 5.75 Å². The van der Waals surface area contributed by atoms with Crippen molar-refractivity contribution in [3.05, 3.63) is 28.8 Å². The number of hydrogen-bond donors (Lipinski definition) is 2. The molecule has 0 unspecified atom stereocenters. The van der Waals surface area contributed by atoms with Gasteiger partial charge in [0.2, 0.25) is 0 Å². The molecule has 0 spiro atoms. The molecule has 0 bridgehead atoms. The van der Waals surface area contributed by atoms with Crippen molar-refractivity contribution in [3.63, 3.8) is 0 Å². The van der Waals surface area contributed by atoms with Gasteiger partial charge in [-0.3, -0.25) is 10.1 Å². The largest absolute Gasteiger partial charge is 0.482 e. The van der Waals surface area contributed by atoms with Crippen LogP contribution in [0.3, 0.4) is 0 Å². The second-order valence-corrected chi connectivity index (χ2v) is 5.09. The fraction of sp³-hybridized carbons (Fsp3) is 0.400. The van der Waals surface area contributed by atoms with Crippen LogP contribution >= 0.6 is 11.6 Å². The Hall–Kier alpha value is -2.32. The predicted molar refractivity (Wildman–Crippen MR) is 86.1 cm³/mol. The number of nitrogens with one attached hydrogen (secondary N) is 2. The molecule has 0 aliphatic rings. The lowest BCUT2D eigenvalue weighted by Gasteiger charge is -2.09. The number of methoxy groups -OCH3 is 1. The van der Waals surface area contributed by atoms with Crippen molar-refractivity contribution >= 4 is 29.5 Å². The zero-order valence-electron chi connectivity index (χ0n) is 13.4. The van der Waals surface area contributed by atoms with Crippen molar-refractivity contribution in [2.45, 2.75) is 6.92 Å². The molecule has 0 saturated carbocycles. The fourth-order valence-corrected chi connectivity index (χ4v) is 1.80. The molecule has 9 heteroatoms. The molecule has 0 aromatic heterocycles. The molecular formula is C15H19ClN2O6. The maximum absolute atomic E-state index is 11.5. The maximum Gasteiger partial charge on any atom is 0.344 e. The summed E-state index contributed by atoms with van der Waals surface area (Å²) in [5.41, 5.74) is 0.765. The number of ether oxygens (including phenoxy) is 3. The molecule has 132 valence electrons. The van der Waals surface area contributed by atoms with Crippen molar-refractivity contribution in [2.75, 3.05) is 33.5 Å². The topological polar surface area (TPSA) is 103 Å². The first-order chi connectivity index (χ1) is 11.4. The Morgan fingerprint density at radius 2 is 1.96 bits per heavy atom. The van der Waals surface area contributed by atoms with Gasteiger partial charge in [0.25, 0.3) is 5.91 Å². The van der Waals surface area contributed by atoms with Crippen LogP contribution in [0.15, 0.2) is 18.2 Å². The first kappa shape index (κ1) is 19.7. The highest BCUT2D eigenvalue weighted by molar-refractivity contribution is 6.30. The van der Waals surface area contributed by atoms with Gasteiger partial charge in [0.15, 0.2) is 13.2 Å². The first-order valence-corrected chi connectivity index (χ1v) is 7.41. The number of hydrogen-bond acceptors (Lipinski definition) is 6. The number of amides is 3. The highest BCUT2D eigenvalue weighted by Gasteiger charge is 2.11. The number of imide groups is 1. The molecule has 0 aliphatic heterocycles. The summed E-state index contributed by atoms with van der Waals surface area (Å²) in [5.74, 6) is -1.00. The maximum atomic E-state index is 11.5. The Morgan fingerprint density at radius 1 is 1.21 bits per heavy atom. The molecule has 1 rings (SSSR count). The third-order valence-corrected chi connectivity index (χ3v) is 2.93. The zero-order chi connectivity index (χ0) is 17.9. The summed E-state index contributed by atoms with van der Waals surface area (Å²) in [6.45, 7) is 1.40. The van der Waals surface area contributed by atoms with E-state index in [9.17, 15) is 14.4 Å². The van der Waals surface area contributed by atoms with Crippen LogP contribution in [-0.2, 0) is 19.1 Å². The molecule has 0 heterocycles. The number of esters is 1. The highest BCUT2D eigenvalue weighted by Crippen LogP contribution is 2.21. The number of benzene rings is 1. The molecule has 0 atom stereocenters. The van der Waals surface area contributed by atoms with Crippen molar-refractivity contribution in [2.24, 2.45) is 0 Å². The van der Waals surface area contributed by atoms with Gasteiger partial charge in [-0.25, -0.2) is 9.59 Å². The molecule has 1 aromatic rings. The normalized spacial score (nSPS) is 9.96. The van der Waals surface area contributed by atoms with Crippen molar-refractivity contribution < 1.29 is 28.6 Å². The third-order valence-electron chi connectivity index (χ3n) is 2.69. The van der Waals surface area contributed by atoms with Crippen LogP contribution in [-0.4, -0.2) is 51.4 Å². The van der Waals surface area contributed by atoms with E-state index >= 15 is 0 Å². The van der Waals surface area contributed by atoms with E-state index in [0.717, 1.165) is 5.56 Å². The third kappa shape index (κ3) is 7.80. The number of carbonyl (C=O) groups is 3. The van der Waals surface area contributed by atoms with Gasteiger partial charge in [-0.05, 0) is 30.7 Å². The van der Waals surface area contributed by atoms with Crippen LogP contribution < -0.4 is 15.4 Å². The lowest BCUT2D eigenvalue weighted by atomic mass is 10.2. The first-order valence-electron chi connectivity index (χ1n) is 7.03. The average Bonchev–Trinajstić information content (AvgIpc) is 2.52. The summed E-state index contributed by atoms with van der Waals surface area (Å²) in [5, 5.41) is 4.95. The molecule has 8 nitrogen and oxygen atoms in total. The van der Waals surface area contributed by atoms with E-state index in [2.05, 4.69) is 5.32 Å². The summed E-state index contributed by atoms with van der Waals surface area (Å²) in [6.07, 6.45) is 0. The fourth-order valence-electron chi connectivity index (χ4n) is 1.57. The lowest BCUT2D eigenvalue weighted by Crippen LogP contribution is -2.42. The minimum absolute atomic E-state index is 0.254. The van der Waals surface area contributed by atoms with Crippen LogP contribution in [0.5, 0.6) is 5.75 Å². The smallest absolute Gasteiger partial charge is 0.344 e.